The Morgan fingerprint density at radius 3 is 2.38 bits per heavy atom. The molecule has 0 spiro atoms. The molecule has 6 rings (SSSR count). The lowest BCUT2D eigenvalue weighted by Gasteiger charge is -2.42. The summed E-state index contributed by atoms with van der Waals surface area (Å²) in [5.74, 6) is 1.08. The van der Waals surface area contributed by atoms with Crippen LogP contribution in [0.4, 0.5) is 19.0 Å². The van der Waals surface area contributed by atoms with Crippen molar-refractivity contribution in [2.45, 2.75) is 50.9 Å². The Hall–Kier alpha value is -3.67. The lowest BCUT2D eigenvalue weighted by atomic mass is 9.75. The van der Waals surface area contributed by atoms with Gasteiger partial charge < -0.3 is 34.0 Å². The molecule has 2 saturated heterocycles. The highest BCUT2D eigenvalue weighted by atomic mass is 19.4. The monoisotopic (exact) mass is 731 g/mol. The summed E-state index contributed by atoms with van der Waals surface area (Å²) < 4.78 is 73.7. The molecule has 1 aromatic carbocycles. The molecule has 2 aromatic heterocycles. The van der Waals surface area contributed by atoms with E-state index in [1.807, 2.05) is 11.6 Å². The quantitative estimate of drug-likeness (QED) is 0.192. The third-order valence-electron chi connectivity index (χ3n) is 9.77. The average molecular weight is 732 g/mol. The predicted molar refractivity (Wildman–Crippen MR) is 184 cm³/mol. The summed E-state index contributed by atoms with van der Waals surface area (Å²) in [7, 11) is 1.86. The molecule has 3 aliphatic heterocycles. The molecule has 2 N–H and O–H groups in total. The maximum atomic E-state index is 14.6. The fraction of sp³-hybridized carbons (Fsp3) is 0.611. The van der Waals surface area contributed by atoms with Gasteiger partial charge in [-0.25, -0.2) is 0 Å². The summed E-state index contributed by atoms with van der Waals surface area (Å²) in [6.07, 6.45) is -0.444. The van der Waals surface area contributed by atoms with E-state index >= 15 is 0 Å². The maximum Gasteiger partial charge on any atom is 0.416 e. The van der Waals surface area contributed by atoms with Gasteiger partial charge in [-0.1, -0.05) is 6.92 Å². The molecule has 1 atom stereocenters. The van der Waals surface area contributed by atoms with Crippen molar-refractivity contribution >= 4 is 11.7 Å². The van der Waals surface area contributed by atoms with Gasteiger partial charge >= 0.3 is 6.18 Å². The van der Waals surface area contributed by atoms with Gasteiger partial charge in [0, 0.05) is 50.1 Å². The van der Waals surface area contributed by atoms with Gasteiger partial charge in [0.1, 0.15) is 24.6 Å². The molecular weight excluding hydrogens is 683 g/mol. The number of halogens is 3. The number of benzene rings is 1. The van der Waals surface area contributed by atoms with Crippen LogP contribution in [0.25, 0.3) is 0 Å². The second-order valence-electron chi connectivity index (χ2n) is 13.9. The van der Waals surface area contributed by atoms with E-state index < -0.39 is 23.1 Å². The summed E-state index contributed by atoms with van der Waals surface area (Å²) >= 11 is 0. The first-order chi connectivity index (χ1) is 25.1. The number of likely N-dealkylation sites (tertiary alicyclic amines) is 1. The van der Waals surface area contributed by atoms with Crippen LogP contribution in [0.1, 0.15) is 58.2 Å². The number of carbonyl (C=O) groups excluding carboxylic acids is 1. The van der Waals surface area contributed by atoms with Crippen LogP contribution in [-0.2, 0) is 57.1 Å². The minimum atomic E-state index is -4.64. The van der Waals surface area contributed by atoms with Crippen molar-refractivity contribution in [3.8, 4) is 5.88 Å². The van der Waals surface area contributed by atoms with E-state index in [1.165, 1.54) is 11.0 Å². The van der Waals surface area contributed by atoms with Crippen molar-refractivity contribution in [1.82, 2.24) is 24.6 Å². The van der Waals surface area contributed by atoms with Gasteiger partial charge in [0.05, 0.1) is 65.0 Å². The average Bonchev–Trinajstić information content (AvgIpc) is 3.65. The Kier molecular flexibility index (Phi) is 12.4. The molecule has 52 heavy (non-hydrogen) atoms. The van der Waals surface area contributed by atoms with E-state index in [2.05, 4.69) is 27.0 Å². The number of anilines is 1. The molecule has 13 nitrogen and oxygen atoms in total. The number of piperidine rings is 1. The Labute approximate surface area is 301 Å². The van der Waals surface area contributed by atoms with Crippen molar-refractivity contribution < 1.29 is 41.7 Å². The molecule has 0 bridgehead atoms. The summed E-state index contributed by atoms with van der Waals surface area (Å²) in [5, 5.41) is 8.27. The summed E-state index contributed by atoms with van der Waals surface area (Å²) in [6.45, 7) is 7.52. The van der Waals surface area contributed by atoms with Crippen molar-refractivity contribution in [1.29, 1.82) is 0 Å². The molecule has 5 heterocycles. The van der Waals surface area contributed by atoms with Gasteiger partial charge in [0.15, 0.2) is 0 Å². The van der Waals surface area contributed by atoms with Gasteiger partial charge in [0.25, 0.3) is 5.91 Å². The standard InChI is InChI=1S/C36H48F3N7O6/c1-25-4-3-6-45(19-25)20-26-14-28-29(30(15-26)36(37,38)39)21-46(34(28)47)31-16-27(35(22-51-23-35)18-32-43-41-24-44(32)2)17-33(42-31)52-13-12-50-11-10-49-9-8-48-7-5-40/h14-17,24-25H,3-13,18-23,40H2,1-2H3/t25-/m0/s1. The van der Waals surface area contributed by atoms with Crippen LogP contribution in [-0.4, -0.2) is 110 Å². The number of hydrogen-bond donors (Lipinski definition) is 1. The van der Waals surface area contributed by atoms with E-state index in [1.54, 1.807) is 24.5 Å². The SMILES string of the molecule is C[C@H]1CCCN(Cc2cc3c(c(C(F)(F)F)c2)CN(c2cc(C4(Cc5nncn5C)COC4)cc(OCCOCCOCCOCCN)n2)C3=O)C1. The number of hydrogen-bond acceptors (Lipinski definition) is 11. The number of carbonyl (C=O) groups is 1. The highest BCUT2D eigenvalue weighted by Crippen LogP contribution is 2.42. The van der Waals surface area contributed by atoms with Crippen LogP contribution in [0.15, 0.2) is 30.6 Å². The lowest BCUT2D eigenvalue weighted by molar-refractivity contribution is -0.138. The number of fused-ring (bicyclic) bond motifs is 1. The van der Waals surface area contributed by atoms with Gasteiger partial charge in [-0.05, 0) is 60.2 Å². The number of nitrogens with two attached hydrogens (primary N) is 1. The fourth-order valence-electron chi connectivity index (χ4n) is 7.02. The Bertz CT molecular complexity index is 1670. The first-order valence-electron chi connectivity index (χ1n) is 17.8. The van der Waals surface area contributed by atoms with Crippen molar-refractivity contribution in [2.75, 3.05) is 84.0 Å². The Balaban J connectivity index is 1.22. The zero-order chi connectivity index (χ0) is 36.7. The van der Waals surface area contributed by atoms with Crippen LogP contribution in [0.2, 0.25) is 0 Å². The lowest BCUT2D eigenvalue weighted by Crippen LogP contribution is -2.49. The van der Waals surface area contributed by atoms with Crippen molar-refractivity contribution in [3.05, 3.63) is 64.2 Å². The van der Waals surface area contributed by atoms with E-state index in [4.69, 9.17) is 29.4 Å². The van der Waals surface area contributed by atoms with Gasteiger partial charge in [-0.2, -0.15) is 18.2 Å². The topological polar surface area (TPSA) is 139 Å². The third kappa shape index (κ3) is 9.09. The number of amides is 1. The largest absolute Gasteiger partial charge is 0.475 e. The first kappa shape index (κ1) is 38.1. The summed E-state index contributed by atoms with van der Waals surface area (Å²) in [6, 6.07) is 6.37. The minimum absolute atomic E-state index is 0.0480. The van der Waals surface area contributed by atoms with Gasteiger partial charge in [-0.3, -0.25) is 14.6 Å². The highest BCUT2D eigenvalue weighted by Gasteiger charge is 2.44. The van der Waals surface area contributed by atoms with E-state index in [-0.39, 0.29) is 42.6 Å². The molecule has 0 radical (unpaired) electrons. The number of alkyl halides is 3. The maximum absolute atomic E-state index is 14.6. The number of aryl methyl sites for hydroxylation is 1. The molecule has 3 aromatic rings. The zero-order valence-corrected chi connectivity index (χ0v) is 29.8. The Morgan fingerprint density at radius 2 is 1.75 bits per heavy atom. The molecule has 1 amide bonds. The second kappa shape index (κ2) is 17.0. The number of nitrogens with zero attached hydrogens (tertiary/aromatic N) is 6. The summed E-state index contributed by atoms with van der Waals surface area (Å²) in [4.78, 5) is 22.2. The third-order valence-corrected chi connectivity index (χ3v) is 9.77. The minimum Gasteiger partial charge on any atom is -0.475 e. The number of rotatable bonds is 18. The molecule has 2 fully saturated rings. The van der Waals surface area contributed by atoms with Gasteiger partial charge in [0.2, 0.25) is 5.88 Å². The molecular formula is C36H48F3N7O6. The molecule has 3 aliphatic rings. The van der Waals surface area contributed by atoms with E-state index in [0.717, 1.165) is 37.3 Å². The number of aromatic nitrogens is 4. The van der Waals surface area contributed by atoms with Crippen LogP contribution < -0.4 is 15.4 Å². The second-order valence-corrected chi connectivity index (χ2v) is 13.9. The van der Waals surface area contributed by atoms with E-state index in [0.29, 0.717) is 77.2 Å². The number of ether oxygens (including phenoxy) is 5. The molecule has 0 aliphatic carbocycles. The van der Waals surface area contributed by atoms with Gasteiger partial charge in [-0.15, -0.1) is 10.2 Å². The molecule has 284 valence electrons. The molecule has 0 unspecified atom stereocenters. The summed E-state index contributed by atoms with van der Waals surface area (Å²) in [5.41, 5.74) is 5.32. The zero-order valence-electron chi connectivity index (χ0n) is 29.8. The van der Waals surface area contributed by atoms with Crippen LogP contribution in [0, 0.1) is 5.92 Å². The first-order valence-corrected chi connectivity index (χ1v) is 17.8. The normalized spacial score (nSPS) is 18.8. The van der Waals surface area contributed by atoms with Crippen LogP contribution >= 0.6 is 0 Å². The fourth-order valence-corrected chi connectivity index (χ4v) is 7.02. The van der Waals surface area contributed by atoms with E-state index in [9.17, 15) is 18.0 Å². The predicted octanol–water partition coefficient (Wildman–Crippen LogP) is 3.52. The van der Waals surface area contributed by atoms with Crippen LogP contribution in [0.3, 0.4) is 0 Å². The Morgan fingerprint density at radius 1 is 1.02 bits per heavy atom. The molecule has 16 heteroatoms. The number of pyridine rings is 1. The molecule has 0 saturated carbocycles. The highest BCUT2D eigenvalue weighted by molar-refractivity contribution is 6.10. The van der Waals surface area contributed by atoms with Crippen LogP contribution in [0.5, 0.6) is 5.88 Å². The van der Waals surface area contributed by atoms with Crippen molar-refractivity contribution in [2.24, 2.45) is 18.7 Å². The van der Waals surface area contributed by atoms with Crippen molar-refractivity contribution in [3.63, 3.8) is 0 Å². The smallest absolute Gasteiger partial charge is 0.416 e.